The highest BCUT2D eigenvalue weighted by atomic mass is 35.5. The molecule has 5 rings (SSSR count). The van der Waals surface area contributed by atoms with Gasteiger partial charge >= 0.3 is 0 Å². The Kier molecular flexibility index (Phi) is 5.67. The number of halogens is 1. The SMILES string of the molecule is COc1ccc([C@H]2[C@H]3C(=O)N(c4ccc(C)c(Cl)c4)C(=O)[C@@H]3ON2c2ccc(OC)cc2)cc1. The molecule has 3 aromatic carbocycles. The number of aryl methyl sites for hydroxylation is 1. The number of nitrogens with zero attached hydrogens (tertiary/aromatic N) is 2. The number of carbonyl (C=O) groups excluding carboxylic acids is 2. The van der Waals surface area contributed by atoms with Crippen molar-refractivity contribution in [2.75, 3.05) is 24.2 Å². The second-order valence-corrected chi connectivity index (χ2v) is 8.65. The van der Waals surface area contributed by atoms with Crippen molar-refractivity contribution in [2.45, 2.75) is 19.1 Å². The van der Waals surface area contributed by atoms with Gasteiger partial charge < -0.3 is 9.47 Å². The molecule has 0 spiro atoms. The lowest BCUT2D eigenvalue weighted by atomic mass is 9.90. The van der Waals surface area contributed by atoms with Crippen LogP contribution in [0.1, 0.15) is 17.2 Å². The van der Waals surface area contributed by atoms with Crippen molar-refractivity contribution in [3.8, 4) is 11.5 Å². The zero-order chi connectivity index (χ0) is 24.0. The Labute approximate surface area is 202 Å². The summed E-state index contributed by atoms with van der Waals surface area (Å²) in [5.41, 5.74) is 2.84. The zero-order valence-electron chi connectivity index (χ0n) is 18.9. The Hall–Kier alpha value is -3.55. The first kappa shape index (κ1) is 22.3. The topological polar surface area (TPSA) is 68.3 Å². The van der Waals surface area contributed by atoms with Crippen LogP contribution in [0.4, 0.5) is 11.4 Å². The van der Waals surface area contributed by atoms with Crippen LogP contribution in [0.25, 0.3) is 0 Å². The second kappa shape index (κ2) is 8.66. The lowest BCUT2D eigenvalue weighted by Gasteiger charge is -2.29. The molecule has 3 aromatic rings. The molecule has 0 bridgehead atoms. The largest absolute Gasteiger partial charge is 0.497 e. The van der Waals surface area contributed by atoms with Crippen molar-refractivity contribution in [3.05, 3.63) is 82.9 Å². The quantitative estimate of drug-likeness (QED) is 0.494. The highest BCUT2D eigenvalue weighted by molar-refractivity contribution is 6.32. The number of anilines is 2. The van der Waals surface area contributed by atoms with Crippen molar-refractivity contribution in [2.24, 2.45) is 5.92 Å². The molecule has 2 amide bonds. The van der Waals surface area contributed by atoms with Gasteiger partial charge in [0.2, 0.25) is 5.91 Å². The van der Waals surface area contributed by atoms with Gasteiger partial charge in [0.25, 0.3) is 5.91 Å². The van der Waals surface area contributed by atoms with E-state index < -0.39 is 24.0 Å². The number of hydroxylamine groups is 1. The molecule has 0 aliphatic carbocycles. The first-order valence-electron chi connectivity index (χ1n) is 10.8. The van der Waals surface area contributed by atoms with E-state index in [0.29, 0.717) is 27.9 Å². The van der Waals surface area contributed by atoms with E-state index in [2.05, 4.69) is 0 Å². The molecular weight excluding hydrogens is 456 g/mol. The van der Waals surface area contributed by atoms with Gasteiger partial charge in [0.1, 0.15) is 17.4 Å². The molecular formula is C26H23ClN2O5. The van der Waals surface area contributed by atoms with E-state index >= 15 is 0 Å². The molecule has 2 saturated heterocycles. The minimum absolute atomic E-state index is 0.327. The fraction of sp³-hybridized carbons (Fsp3) is 0.231. The summed E-state index contributed by atoms with van der Waals surface area (Å²) in [5, 5.41) is 2.13. The lowest BCUT2D eigenvalue weighted by molar-refractivity contribution is -0.126. The van der Waals surface area contributed by atoms with Crippen LogP contribution in [0, 0.1) is 12.8 Å². The number of fused-ring (bicyclic) bond motifs is 1. The minimum Gasteiger partial charge on any atom is -0.497 e. The van der Waals surface area contributed by atoms with Crippen molar-refractivity contribution in [1.29, 1.82) is 0 Å². The summed E-state index contributed by atoms with van der Waals surface area (Å²) in [5.74, 6) is -0.0852. The summed E-state index contributed by atoms with van der Waals surface area (Å²) in [6, 6.07) is 19.3. The van der Waals surface area contributed by atoms with Crippen molar-refractivity contribution < 1.29 is 23.9 Å². The van der Waals surface area contributed by atoms with Crippen LogP contribution in [-0.2, 0) is 14.4 Å². The molecule has 0 N–H and O–H groups in total. The van der Waals surface area contributed by atoms with Crippen LogP contribution in [0.2, 0.25) is 5.02 Å². The van der Waals surface area contributed by atoms with Gasteiger partial charge in [0, 0.05) is 5.02 Å². The number of hydrogen-bond donors (Lipinski definition) is 0. The fourth-order valence-electron chi connectivity index (χ4n) is 4.48. The summed E-state index contributed by atoms with van der Waals surface area (Å²) < 4.78 is 10.5. The summed E-state index contributed by atoms with van der Waals surface area (Å²) in [6.45, 7) is 1.87. The number of rotatable bonds is 5. The van der Waals surface area contributed by atoms with Gasteiger partial charge in [-0.1, -0.05) is 29.8 Å². The van der Waals surface area contributed by atoms with E-state index in [4.69, 9.17) is 25.9 Å². The highest BCUT2D eigenvalue weighted by Crippen LogP contribution is 2.48. The maximum absolute atomic E-state index is 13.7. The minimum atomic E-state index is -0.957. The van der Waals surface area contributed by atoms with Gasteiger partial charge in [0.05, 0.1) is 31.6 Å². The van der Waals surface area contributed by atoms with Gasteiger partial charge in [-0.2, -0.15) is 0 Å². The molecule has 3 atom stereocenters. The summed E-state index contributed by atoms with van der Waals surface area (Å²) in [7, 11) is 3.19. The van der Waals surface area contributed by atoms with Gasteiger partial charge in [-0.05, 0) is 66.6 Å². The number of ether oxygens (including phenoxy) is 2. The molecule has 2 aliphatic heterocycles. The first-order chi connectivity index (χ1) is 16.4. The Bertz CT molecular complexity index is 1250. The normalized spacial score (nSPS) is 21.7. The van der Waals surface area contributed by atoms with Crippen LogP contribution in [0.15, 0.2) is 66.7 Å². The number of carbonyl (C=O) groups is 2. The molecule has 8 heteroatoms. The smallest absolute Gasteiger partial charge is 0.266 e. The van der Waals surface area contributed by atoms with E-state index in [1.54, 1.807) is 37.5 Å². The number of imide groups is 1. The molecule has 0 unspecified atom stereocenters. The number of amides is 2. The molecule has 174 valence electrons. The highest BCUT2D eigenvalue weighted by Gasteiger charge is 2.60. The predicted molar refractivity (Wildman–Crippen MR) is 128 cm³/mol. The summed E-state index contributed by atoms with van der Waals surface area (Å²) >= 11 is 6.28. The van der Waals surface area contributed by atoms with Crippen molar-refractivity contribution in [1.82, 2.24) is 0 Å². The molecule has 0 saturated carbocycles. The van der Waals surface area contributed by atoms with Crippen molar-refractivity contribution >= 4 is 34.8 Å². The third-order valence-electron chi connectivity index (χ3n) is 6.31. The molecule has 2 aliphatic rings. The first-order valence-corrected chi connectivity index (χ1v) is 11.2. The zero-order valence-corrected chi connectivity index (χ0v) is 19.7. The standard InChI is InChI=1S/C26H23ClN2O5/c1-15-4-7-18(14-21(15)27)28-25(30)22-23(16-5-10-19(32-2)11-6-16)29(34-24(22)26(28)31)17-8-12-20(33-3)13-9-17/h4-14,22-24H,1-3H3/t22-,23+,24-/m1/s1. The Morgan fingerprint density at radius 3 is 2.00 bits per heavy atom. The predicted octanol–water partition coefficient (Wildman–Crippen LogP) is 4.72. The Balaban J connectivity index is 1.56. The van der Waals surface area contributed by atoms with Crippen molar-refractivity contribution in [3.63, 3.8) is 0 Å². The molecule has 2 heterocycles. The van der Waals surface area contributed by atoms with Gasteiger partial charge in [-0.3, -0.25) is 14.4 Å². The van der Waals surface area contributed by atoms with Crippen LogP contribution in [0.3, 0.4) is 0 Å². The number of benzene rings is 3. The maximum Gasteiger partial charge on any atom is 0.266 e. The van der Waals surface area contributed by atoms with Gasteiger partial charge in [-0.25, -0.2) is 9.96 Å². The van der Waals surface area contributed by atoms with Crippen LogP contribution < -0.4 is 19.4 Å². The molecule has 0 radical (unpaired) electrons. The third kappa shape index (κ3) is 3.57. The van der Waals surface area contributed by atoms with Gasteiger partial charge in [0.15, 0.2) is 6.10 Å². The lowest BCUT2D eigenvalue weighted by Crippen LogP contribution is -2.37. The van der Waals surface area contributed by atoms with Crippen LogP contribution in [-0.4, -0.2) is 32.1 Å². The summed E-state index contributed by atoms with van der Waals surface area (Å²) in [6.07, 6.45) is -0.957. The Morgan fingerprint density at radius 1 is 0.824 bits per heavy atom. The average molecular weight is 479 g/mol. The molecule has 34 heavy (non-hydrogen) atoms. The molecule has 7 nitrogen and oxygen atoms in total. The van der Waals surface area contributed by atoms with E-state index in [9.17, 15) is 9.59 Å². The van der Waals surface area contributed by atoms with Crippen LogP contribution in [0.5, 0.6) is 11.5 Å². The van der Waals surface area contributed by atoms with E-state index in [1.165, 1.54) is 4.90 Å². The van der Waals surface area contributed by atoms with E-state index in [1.807, 2.05) is 55.5 Å². The maximum atomic E-state index is 13.7. The van der Waals surface area contributed by atoms with Crippen LogP contribution >= 0.6 is 11.6 Å². The number of methoxy groups -OCH3 is 2. The van der Waals surface area contributed by atoms with E-state index in [-0.39, 0.29) is 5.91 Å². The van der Waals surface area contributed by atoms with E-state index in [0.717, 1.165) is 11.1 Å². The fourth-order valence-corrected chi connectivity index (χ4v) is 4.66. The summed E-state index contributed by atoms with van der Waals surface area (Å²) in [4.78, 5) is 34.5. The third-order valence-corrected chi connectivity index (χ3v) is 6.72. The second-order valence-electron chi connectivity index (χ2n) is 8.24. The van der Waals surface area contributed by atoms with Gasteiger partial charge in [-0.15, -0.1) is 0 Å². The Morgan fingerprint density at radius 2 is 1.41 bits per heavy atom. The molecule has 0 aromatic heterocycles. The monoisotopic (exact) mass is 478 g/mol. The average Bonchev–Trinajstić information content (AvgIpc) is 3.37. The number of hydrogen-bond acceptors (Lipinski definition) is 6. The molecule has 2 fully saturated rings.